The van der Waals surface area contributed by atoms with E-state index in [1.165, 1.54) is 0 Å². The van der Waals surface area contributed by atoms with Gasteiger partial charge in [0, 0.05) is 12.0 Å². The van der Waals surface area contributed by atoms with E-state index in [0.717, 1.165) is 27.9 Å². The van der Waals surface area contributed by atoms with Crippen LogP contribution in [0.4, 0.5) is 5.69 Å². The summed E-state index contributed by atoms with van der Waals surface area (Å²) in [6.45, 7) is 0. The van der Waals surface area contributed by atoms with E-state index in [2.05, 4.69) is 0 Å². The summed E-state index contributed by atoms with van der Waals surface area (Å²) < 4.78 is 19.4. The Morgan fingerprint density at radius 1 is 0.750 bits per heavy atom. The number of para-hydroxylation sites is 3. The van der Waals surface area contributed by atoms with Crippen LogP contribution in [0.3, 0.4) is 0 Å². The summed E-state index contributed by atoms with van der Waals surface area (Å²) in [6.07, 6.45) is 9.70. The number of rotatable bonds is 8. The molecule has 1 unspecified atom stereocenters. The molecule has 1 aliphatic heterocycles. The molecule has 0 saturated heterocycles. The van der Waals surface area contributed by atoms with Gasteiger partial charge < -0.3 is 13.8 Å². The molecule has 0 radical (unpaired) electrons. The molecule has 1 atom stereocenters. The van der Waals surface area contributed by atoms with E-state index in [1.54, 1.807) is 12.0 Å². The van der Waals surface area contributed by atoms with Gasteiger partial charge in [-0.25, -0.2) is 0 Å². The monoisotopic (exact) mass is 545 g/mol. The SMILES string of the molecule is COc1cccc(C=P(Oc2ccccc2)(Oc2ccccc2)c2ccccc2N2C=C3C=CC=CC3C2=O)c1. The van der Waals surface area contributed by atoms with Crippen LogP contribution in [-0.4, -0.2) is 18.8 Å². The molecule has 1 amide bonds. The Balaban J connectivity index is 1.60. The number of amides is 1. The molecule has 0 spiro atoms. The number of anilines is 1. The van der Waals surface area contributed by atoms with Gasteiger partial charge >= 0.3 is 0 Å². The van der Waals surface area contributed by atoms with Gasteiger partial charge in [-0.15, -0.1) is 0 Å². The number of allylic oxidation sites excluding steroid dienone is 3. The van der Waals surface area contributed by atoms with Crippen molar-refractivity contribution in [1.82, 2.24) is 0 Å². The highest BCUT2D eigenvalue weighted by Gasteiger charge is 2.37. The van der Waals surface area contributed by atoms with Gasteiger partial charge in [-0.2, -0.15) is 0 Å². The molecule has 0 fully saturated rings. The van der Waals surface area contributed by atoms with Gasteiger partial charge in [0.25, 0.3) is 7.34 Å². The van der Waals surface area contributed by atoms with Crippen molar-refractivity contribution in [3.05, 3.63) is 151 Å². The maximum absolute atomic E-state index is 13.7. The Morgan fingerprint density at radius 2 is 1.40 bits per heavy atom. The van der Waals surface area contributed by atoms with Gasteiger partial charge in [0.05, 0.1) is 24.0 Å². The zero-order chi connectivity index (χ0) is 27.4. The Labute approximate surface area is 234 Å². The molecule has 0 bridgehead atoms. The number of methoxy groups -OCH3 is 1. The number of benzene rings is 4. The van der Waals surface area contributed by atoms with Crippen LogP contribution in [0.5, 0.6) is 17.2 Å². The topological polar surface area (TPSA) is 48.0 Å². The summed E-state index contributed by atoms with van der Waals surface area (Å²) in [4.78, 5) is 15.4. The molecule has 6 heteroatoms. The molecule has 0 aromatic heterocycles. The first kappa shape index (κ1) is 25.5. The van der Waals surface area contributed by atoms with Crippen molar-refractivity contribution < 1.29 is 18.6 Å². The standard InChI is InChI=1S/C34H28NO4P/c1-37-30-19-12-13-26(23-30)25-40(38-28-15-4-2-5-16-28,39-29-17-6-3-7-18-29)33-22-11-10-21-32(33)35-24-27-14-8-9-20-31(27)34(35)36/h2-25,31H,1H3. The fourth-order valence-electron chi connectivity index (χ4n) is 4.82. The maximum atomic E-state index is 13.7. The van der Waals surface area contributed by atoms with E-state index < -0.39 is 7.34 Å². The van der Waals surface area contributed by atoms with E-state index in [0.29, 0.717) is 11.5 Å². The third-order valence-electron chi connectivity index (χ3n) is 6.70. The van der Waals surface area contributed by atoms with Crippen LogP contribution in [0.1, 0.15) is 5.56 Å². The molecule has 5 nitrogen and oxygen atoms in total. The van der Waals surface area contributed by atoms with Crippen LogP contribution in [0, 0.1) is 5.92 Å². The van der Waals surface area contributed by atoms with Crippen LogP contribution >= 0.6 is 7.34 Å². The Kier molecular flexibility index (Phi) is 7.13. The second-order valence-electron chi connectivity index (χ2n) is 9.36. The molecule has 1 heterocycles. The lowest BCUT2D eigenvalue weighted by Crippen LogP contribution is -2.31. The summed E-state index contributed by atoms with van der Waals surface area (Å²) in [5.41, 5.74) is 2.55. The van der Waals surface area contributed by atoms with Gasteiger partial charge in [0.15, 0.2) is 0 Å². The minimum atomic E-state index is -3.14. The van der Waals surface area contributed by atoms with Gasteiger partial charge in [-0.05, 0) is 59.7 Å². The Bertz CT molecular complexity index is 1630. The molecular formula is C34H28NO4P. The van der Waals surface area contributed by atoms with E-state index in [4.69, 9.17) is 13.8 Å². The predicted octanol–water partition coefficient (Wildman–Crippen LogP) is 7.15. The maximum Gasteiger partial charge on any atom is 0.255 e. The number of carbonyl (C=O) groups excluding carboxylic acids is 1. The molecule has 0 saturated carbocycles. The second-order valence-corrected chi connectivity index (χ2v) is 11.7. The van der Waals surface area contributed by atoms with Crippen molar-refractivity contribution in [3.63, 3.8) is 0 Å². The van der Waals surface area contributed by atoms with E-state index >= 15 is 0 Å². The summed E-state index contributed by atoms with van der Waals surface area (Å²) >= 11 is 0. The minimum absolute atomic E-state index is 0.0121. The Morgan fingerprint density at radius 3 is 2.08 bits per heavy atom. The second kappa shape index (κ2) is 11.2. The molecule has 1 aliphatic carbocycles. The molecule has 40 heavy (non-hydrogen) atoms. The van der Waals surface area contributed by atoms with E-state index in [1.807, 2.05) is 145 Å². The third kappa shape index (κ3) is 5.12. The summed E-state index contributed by atoms with van der Waals surface area (Å²) in [5, 5.41) is 0.780. The fraction of sp³-hybridized carbons (Fsp3) is 0.0588. The van der Waals surface area contributed by atoms with Crippen LogP contribution < -0.4 is 24.0 Å². The third-order valence-corrected chi connectivity index (χ3v) is 9.35. The van der Waals surface area contributed by atoms with Crippen molar-refractivity contribution in [1.29, 1.82) is 0 Å². The number of hydrogen-bond acceptors (Lipinski definition) is 4. The van der Waals surface area contributed by atoms with E-state index in [-0.39, 0.29) is 11.8 Å². The molecule has 4 aromatic carbocycles. The fourth-order valence-corrected chi connectivity index (χ4v) is 7.52. The van der Waals surface area contributed by atoms with Crippen molar-refractivity contribution >= 4 is 30.0 Å². The highest BCUT2D eigenvalue weighted by atomic mass is 31.2. The average molecular weight is 546 g/mol. The number of nitrogens with zero attached hydrogens (tertiary/aromatic N) is 1. The van der Waals surface area contributed by atoms with Crippen LogP contribution in [-0.2, 0) is 4.79 Å². The number of ether oxygens (including phenoxy) is 1. The van der Waals surface area contributed by atoms with Gasteiger partial charge in [-0.1, -0.05) is 85.0 Å². The first-order valence-electron chi connectivity index (χ1n) is 13.0. The Hall–Kier alpha value is -4.73. The molecule has 0 N–H and O–H groups in total. The molecular weight excluding hydrogens is 517 g/mol. The number of carbonyl (C=O) groups is 1. The van der Waals surface area contributed by atoms with Crippen molar-refractivity contribution in [2.45, 2.75) is 0 Å². The average Bonchev–Trinajstić information content (AvgIpc) is 3.34. The van der Waals surface area contributed by atoms with Crippen LogP contribution in [0.25, 0.3) is 0 Å². The lowest BCUT2D eigenvalue weighted by molar-refractivity contribution is -0.118. The van der Waals surface area contributed by atoms with Crippen LogP contribution in [0.15, 0.2) is 145 Å². The van der Waals surface area contributed by atoms with Crippen molar-refractivity contribution in [2.75, 3.05) is 12.0 Å². The number of hydrogen-bond donors (Lipinski definition) is 0. The highest BCUT2D eigenvalue weighted by Crippen LogP contribution is 2.52. The van der Waals surface area contributed by atoms with Gasteiger partial charge in [0.1, 0.15) is 17.2 Å². The van der Waals surface area contributed by atoms with Crippen molar-refractivity contribution in [3.8, 4) is 17.2 Å². The minimum Gasteiger partial charge on any atom is -0.497 e. The molecule has 198 valence electrons. The zero-order valence-electron chi connectivity index (χ0n) is 22.0. The lowest BCUT2D eigenvalue weighted by Gasteiger charge is -2.31. The summed E-state index contributed by atoms with van der Waals surface area (Å²) in [5.74, 6) is 3.76. The smallest absolute Gasteiger partial charge is 0.255 e. The first-order valence-corrected chi connectivity index (χ1v) is 14.7. The van der Waals surface area contributed by atoms with Gasteiger partial charge in [-0.3, -0.25) is 9.69 Å². The largest absolute Gasteiger partial charge is 0.497 e. The van der Waals surface area contributed by atoms with Crippen LogP contribution in [0.2, 0.25) is 0 Å². The zero-order valence-corrected chi connectivity index (χ0v) is 22.9. The molecule has 2 aliphatic rings. The molecule has 4 aromatic rings. The van der Waals surface area contributed by atoms with Crippen molar-refractivity contribution in [2.24, 2.45) is 5.92 Å². The molecule has 6 rings (SSSR count). The number of fused-ring (bicyclic) bond motifs is 1. The lowest BCUT2D eigenvalue weighted by atomic mass is 9.97. The normalized spacial score (nSPS) is 15.8. The summed E-state index contributed by atoms with van der Waals surface area (Å²) in [6, 6.07) is 34.9. The highest BCUT2D eigenvalue weighted by molar-refractivity contribution is 7.74. The van der Waals surface area contributed by atoms with E-state index in [9.17, 15) is 4.79 Å². The predicted molar refractivity (Wildman–Crippen MR) is 163 cm³/mol. The first-order chi connectivity index (χ1) is 19.6. The van der Waals surface area contributed by atoms with Gasteiger partial charge in [0.2, 0.25) is 5.91 Å². The quantitative estimate of drug-likeness (QED) is 0.221. The summed E-state index contributed by atoms with van der Waals surface area (Å²) in [7, 11) is -1.50.